The molecule has 0 spiro atoms. The van der Waals surface area contributed by atoms with E-state index in [1.165, 1.54) is 32.1 Å². The third kappa shape index (κ3) is 7.67. The first kappa shape index (κ1) is 15.4. The molecule has 0 aliphatic heterocycles. The van der Waals surface area contributed by atoms with E-state index < -0.39 is 0 Å². The second kappa shape index (κ2) is 10.3. The average molecular weight is 256 g/mol. The van der Waals surface area contributed by atoms with Crippen molar-refractivity contribution in [2.75, 3.05) is 33.4 Å². The molecule has 0 saturated heterocycles. The summed E-state index contributed by atoms with van der Waals surface area (Å²) in [7, 11) is 1.69. The maximum atomic E-state index is 11.5. The Morgan fingerprint density at radius 1 is 1.22 bits per heavy atom. The molecule has 1 amide bonds. The summed E-state index contributed by atoms with van der Waals surface area (Å²) >= 11 is 0. The fourth-order valence-corrected chi connectivity index (χ4v) is 2.53. The zero-order valence-electron chi connectivity index (χ0n) is 11.7. The second-order valence-electron chi connectivity index (χ2n) is 5.14. The fourth-order valence-electron chi connectivity index (χ4n) is 2.53. The van der Waals surface area contributed by atoms with Crippen molar-refractivity contribution in [3.63, 3.8) is 0 Å². The van der Waals surface area contributed by atoms with Gasteiger partial charge in [-0.2, -0.15) is 0 Å². The van der Waals surface area contributed by atoms with Gasteiger partial charge in [0.15, 0.2) is 0 Å². The van der Waals surface area contributed by atoms with Gasteiger partial charge in [-0.3, -0.25) is 4.79 Å². The molecule has 2 N–H and O–H groups in total. The number of nitrogens with one attached hydrogen (secondary N) is 2. The van der Waals surface area contributed by atoms with Crippen LogP contribution < -0.4 is 10.6 Å². The van der Waals surface area contributed by atoms with Crippen LogP contribution in [0.5, 0.6) is 0 Å². The molecule has 106 valence electrons. The van der Waals surface area contributed by atoms with Crippen LogP contribution in [-0.4, -0.2) is 39.3 Å². The largest absolute Gasteiger partial charge is 0.383 e. The number of hydrogen-bond acceptors (Lipinski definition) is 3. The molecule has 0 aromatic rings. The van der Waals surface area contributed by atoms with Crippen LogP contribution in [0.2, 0.25) is 0 Å². The number of carbonyl (C=O) groups is 1. The van der Waals surface area contributed by atoms with Crippen LogP contribution in [0.3, 0.4) is 0 Å². The van der Waals surface area contributed by atoms with Crippen LogP contribution in [-0.2, 0) is 9.53 Å². The van der Waals surface area contributed by atoms with Gasteiger partial charge in [-0.05, 0) is 18.8 Å². The summed E-state index contributed by atoms with van der Waals surface area (Å²) in [6.45, 7) is 3.09. The quantitative estimate of drug-likeness (QED) is 0.585. The summed E-state index contributed by atoms with van der Waals surface area (Å²) in [5.74, 6) is 1.09. The highest BCUT2D eigenvalue weighted by Gasteiger charge is 2.14. The van der Waals surface area contributed by atoms with E-state index in [4.69, 9.17) is 4.74 Å². The van der Waals surface area contributed by atoms with Gasteiger partial charge in [-0.25, -0.2) is 0 Å². The van der Waals surface area contributed by atoms with Crippen LogP contribution >= 0.6 is 0 Å². The van der Waals surface area contributed by atoms with E-state index >= 15 is 0 Å². The minimum atomic E-state index is 0.196. The highest BCUT2D eigenvalue weighted by Crippen LogP contribution is 2.28. The Morgan fingerprint density at radius 3 is 2.72 bits per heavy atom. The van der Waals surface area contributed by atoms with Gasteiger partial charge < -0.3 is 15.4 Å². The molecule has 4 heteroatoms. The summed E-state index contributed by atoms with van der Waals surface area (Å²) < 4.78 is 4.92. The van der Waals surface area contributed by atoms with Crippen molar-refractivity contribution in [2.45, 2.75) is 44.9 Å². The van der Waals surface area contributed by atoms with Gasteiger partial charge in [0.1, 0.15) is 0 Å². The Kier molecular flexibility index (Phi) is 8.86. The number of hydrogen-bond donors (Lipinski definition) is 2. The monoisotopic (exact) mass is 256 g/mol. The van der Waals surface area contributed by atoms with Crippen LogP contribution in [0.4, 0.5) is 0 Å². The van der Waals surface area contributed by atoms with Gasteiger partial charge in [0.25, 0.3) is 0 Å². The molecular weight excluding hydrogens is 228 g/mol. The Hall–Kier alpha value is -0.610. The molecular formula is C14H28N2O2. The lowest BCUT2D eigenvalue weighted by atomic mass is 10.0. The summed E-state index contributed by atoms with van der Waals surface area (Å²) in [5.41, 5.74) is 0. The number of rotatable bonds is 10. The number of amides is 1. The van der Waals surface area contributed by atoms with Crippen molar-refractivity contribution in [3.05, 3.63) is 0 Å². The van der Waals surface area contributed by atoms with Crippen LogP contribution in [0, 0.1) is 5.92 Å². The van der Waals surface area contributed by atoms with Crippen molar-refractivity contribution < 1.29 is 9.53 Å². The smallest absolute Gasteiger partial charge is 0.220 e. The van der Waals surface area contributed by atoms with E-state index in [-0.39, 0.29) is 5.91 Å². The van der Waals surface area contributed by atoms with E-state index in [0.717, 1.165) is 32.0 Å². The van der Waals surface area contributed by atoms with Gasteiger partial charge in [0.05, 0.1) is 6.61 Å². The Labute approximate surface area is 111 Å². The van der Waals surface area contributed by atoms with E-state index in [0.29, 0.717) is 13.0 Å². The zero-order chi connectivity index (χ0) is 13.1. The molecule has 4 nitrogen and oxygen atoms in total. The summed E-state index contributed by atoms with van der Waals surface area (Å²) in [4.78, 5) is 11.5. The van der Waals surface area contributed by atoms with Crippen molar-refractivity contribution in [1.29, 1.82) is 0 Å². The molecule has 1 aliphatic rings. The van der Waals surface area contributed by atoms with Gasteiger partial charge >= 0.3 is 0 Å². The topological polar surface area (TPSA) is 50.4 Å². The molecule has 0 heterocycles. The van der Waals surface area contributed by atoms with Gasteiger partial charge in [-0.1, -0.05) is 25.7 Å². The van der Waals surface area contributed by atoms with Crippen molar-refractivity contribution >= 4 is 5.91 Å². The van der Waals surface area contributed by atoms with Gasteiger partial charge in [-0.15, -0.1) is 0 Å². The minimum Gasteiger partial charge on any atom is -0.383 e. The molecule has 1 rings (SSSR count). The molecule has 1 fully saturated rings. The van der Waals surface area contributed by atoms with E-state index in [9.17, 15) is 4.79 Å². The third-order valence-corrected chi connectivity index (χ3v) is 3.60. The number of carbonyl (C=O) groups excluding carboxylic acids is 1. The Bertz CT molecular complexity index is 216. The second-order valence-corrected chi connectivity index (χ2v) is 5.14. The molecule has 18 heavy (non-hydrogen) atoms. The highest BCUT2D eigenvalue weighted by molar-refractivity contribution is 5.75. The maximum Gasteiger partial charge on any atom is 0.220 e. The molecule has 0 atom stereocenters. The van der Waals surface area contributed by atoms with Crippen molar-refractivity contribution in [2.24, 2.45) is 5.92 Å². The highest BCUT2D eigenvalue weighted by atomic mass is 16.5. The third-order valence-electron chi connectivity index (χ3n) is 3.60. The Morgan fingerprint density at radius 2 is 2.00 bits per heavy atom. The van der Waals surface area contributed by atoms with Crippen LogP contribution in [0.25, 0.3) is 0 Å². The van der Waals surface area contributed by atoms with Crippen molar-refractivity contribution in [1.82, 2.24) is 10.6 Å². The normalized spacial score (nSPS) is 16.1. The first-order valence-electron chi connectivity index (χ1n) is 7.29. The lowest BCUT2D eigenvalue weighted by molar-refractivity contribution is -0.121. The van der Waals surface area contributed by atoms with Crippen molar-refractivity contribution in [3.8, 4) is 0 Å². The number of methoxy groups -OCH3 is 1. The van der Waals surface area contributed by atoms with E-state index in [1.54, 1.807) is 7.11 Å². The SMILES string of the molecule is COCCNCCNC(=O)CCCC1CCCC1. The standard InChI is InChI=1S/C14H28N2O2/c1-18-12-11-15-9-10-16-14(17)8-4-7-13-5-2-3-6-13/h13,15H,2-12H2,1H3,(H,16,17). The first-order valence-corrected chi connectivity index (χ1v) is 7.29. The first-order chi connectivity index (χ1) is 8.83. The maximum absolute atomic E-state index is 11.5. The molecule has 1 saturated carbocycles. The lowest BCUT2D eigenvalue weighted by Gasteiger charge is -2.09. The summed E-state index contributed by atoms with van der Waals surface area (Å²) in [5, 5.41) is 6.15. The molecule has 0 unspecified atom stereocenters. The Balaban J connectivity index is 1.84. The molecule has 0 aromatic heterocycles. The zero-order valence-corrected chi connectivity index (χ0v) is 11.7. The molecule has 0 bridgehead atoms. The molecule has 1 aliphatic carbocycles. The van der Waals surface area contributed by atoms with Crippen LogP contribution in [0.1, 0.15) is 44.9 Å². The lowest BCUT2D eigenvalue weighted by Crippen LogP contribution is -2.32. The summed E-state index contributed by atoms with van der Waals surface area (Å²) in [6, 6.07) is 0. The predicted molar refractivity (Wildman–Crippen MR) is 73.6 cm³/mol. The van der Waals surface area contributed by atoms with Gasteiger partial charge in [0, 0.05) is 33.2 Å². The average Bonchev–Trinajstić information content (AvgIpc) is 2.87. The van der Waals surface area contributed by atoms with E-state index in [2.05, 4.69) is 10.6 Å². The van der Waals surface area contributed by atoms with Gasteiger partial charge in [0.2, 0.25) is 5.91 Å². The van der Waals surface area contributed by atoms with Crippen LogP contribution in [0.15, 0.2) is 0 Å². The fraction of sp³-hybridized carbons (Fsp3) is 0.929. The number of ether oxygens (including phenoxy) is 1. The summed E-state index contributed by atoms with van der Waals surface area (Å²) in [6.07, 6.45) is 8.52. The van der Waals surface area contributed by atoms with E-state index in [1.807, 2.05) is 0 Å². The predicted octanol–water partition coefficient (Wildman–Crippen LogP) is 1.70. The molecule has 0 radical (unpaired) electrons. The molecule has 0 aromatic carbocycles. The minimum absolute atomic E-state index is 0.196.